The first-order chi connectivity index (χ1) is 7.72. The first-order valence-electron chi connectivity index (χ1n) is 5.49. The van der Waals surface area contributed by atoms with Crippen LogP contribution in [0.5, 0.6) is 6.01 Å². The fraction of sp³-hybridized carbons (Fsp3) is 0.700. The van der Waals surface area contributed by atoms with E-state index < -0.39 is 11.4 Å². The van der Waals surface area contributed by atoms with Crippen molar-refractivity contribution in [3.05, 3.63) is 21.0 Å². The van der Waals surface area contributed by atoms with Gasteiger partial charge in [-0.05, 0) is 12.8 Å². The van der Waals surface area contributed by atoms with Crippen LogP contribution in [0.15, 0.2) is 9.59 Å². The number of methoxy groups -OCH3 is 1. The minimum Gasteiger partial charge on any atom is -0.468 e. The van der Waals surface area contributed by atoms with Crippen molar-refractivity contribution in [3.63, 3.8) is 0 Å². The minimum absolute atomic E-state index is 0.0107. The lowest BCUT2D eigenvalue weighted by atomic mass is 9.95. The topological polar surface area (TPSA) is 77.0 Å². The van der Waals surface area contributed by atoms with Gasteiger partial charge in [0.2, 0.25) is 0 Å². The Morgan fingerprint density at radius 1 is 1.31 bits per heavy atom. The summed E-state index contributed by atoms with van der Waals surface area (Å²) < 4.78 is 5.95. The molecule has 1 heterocycles. The molecule has 0 bridgehead atoms. The fourth-order valence-electron chi connectivity index (χ4n) is 2.17. The number of nitrogens with zero attached hydrogens (tertiary/aromatic N) is 2. The Balaban J connectivity index is 2.40. The van der Waals surface area contributed by atoms with E-state index in [1.165, 1.54) is 18.1 Å². The standard InChI is InChI=1S/C10H15N3O3/c1-16-8-11-9(14)13(10(15)12-8)7-5-3-2-4-6-7/h7H,2-6H2,1H3,(H,11,12,14,15). The normalized spacial score (nSPS) is 17.3. The van der Waals surface area contributed by atoms with E-state index in [1.54, 1.807) is 0 Å². The molecule has 0 radical (unpaired) electrons. The lowest BCUT2D eigenvalue weighted by Gasteiger charge is -2.22. The molecule has 6 nitrogen and oxygen atoms in total. The van der Waals surface area contributed by atoms with E-state index in [0.717, 1.165) is 25.7 Å². The third-order valence-electron chi connectivity index (χ3n) is 2.97. The number of H-pyrrole nitrogens is 1. The molecule has 0 aliphatic heterocycles. The molecule has 1 fully saturated rings. The smallest absolute Gasteiger partial charge is 0.356 e. The average Bonchev–Trinajstić information content (AvgIpc) is 2.29. The molecule has 0 saturated heterocycles. The molecular weight excluding hydrogens is 210 g/mol. The van der Waals surface area contributed by atoms with E-state index in [2.05, 4.69) is 9.97 Å². The summed E-state index contributed by atoms with van der Waals surface area (Å²) in [6.45, 7) is 0. The van der Waals surface area contributed by atoms with Crippen LogP contribution in [0.4, 0.5) is 0 Å². The van der Waals surface area contributed by atoms with Crippen molar-refractivity contribution in [2.75, 3.05) is 7.11 Å². The molecule has 88 valence electrons. The van der Waals surface area contributed by atoms with Crippen molar-refractivity contribution in [1.82, 2.24) is 14.5 Å². The zero-order valence-electron chi connectivity index (χ0n) is 9.23. The SMILES string of the molecule is COc1nc(=O)n(C2CCCCC2)c(=O)[nH]1. The Bertz CT molecular complexity index is 440. The van der Waals surface area contributed by atoms with Gasteiger partial charge in [0, 0.05) is 6.04 Å². The first kappa shape index (κ1) is 10.9. The molecule has 2 rings (SSSR count). The Morgan fingerprint density at radius 2 is 2.00 bits per heavy atom. The molecule has 1 aromatic heterocycles. The summed E-state index contributed by atoms with van der Waals surface area (Å²) in [5.74, 6) is 0. The van der Waals surface area contributed by atoms with Crippen molar-refractivity contribution in [2.24, 2.45) is 0 Å². The molecule has 6 heteroatoms. The van der Waals surface area contributed by atoms with Gasteiger partial charge in [-0.25, -0.2) is 14.2 Å². The van der Waals surface area contributed by atoms with Gasteiger partial charge in [0.05, 0.1) is 7.11 Å². The van der Waals surface area contributed by atoms with Crippen LogP contribution in [-0.2, 0) is 0 Å². The molecule has 16 heavy (non-hydrogen) atoms. The third kappa shape index (κ3) is 2.00. The predicted molar refractivity (Wildman–Crippen MR) is 57.8 cm³/mol. The van der Waals surface area contributed by atoms with Crippen LogP contribution in [0, 0.1) is 0 Å². The van der Waals surface area contributed by atoms with Crippen molar-refractivity contribution in [3.8, 4) is 6.01 Å². The van der Waals surface area contributed by atoms with Crippen LogP contribution < -0.4 is 16.1 Å². The van der Waals surface area contributed by atoms with E-state index in [1.807, 2.05) is 0 Å². The molecule has 0 atom stereocenters. The fourth-order valence-corrected chi connectivity index (χ4v) is 2.17. The van der Waals surface area contributed by atoms with Crippen molar-refractivity contribution >= 4 is 0 Å². The number of hydrogen-bond acceptors (Lipinski definition) is 4. The molecule has 1 aromatic rings. The van der Waals surface area contributed by atoms with E-state index >= 15 is 0 Å². The highest BCUT2D eigenvalue weighted by Gasteiger charge is 2.19. The quantitative estimate of drug-likeness (QED) is 0.792. The van der Waals surface area contributed by atoms with Gasteiger partial charge in [0.15, 0.2) is 0 Å². The van der Waals surface area contributed by atoms with E-state index in [0.29, 0.717) is 0 Å². The summed E-state index contributed by atoms with van der Waals surface area (Å²) in [5.41, 5.74) is -0.948. The summed E-state index contributed by atoms with van der Waals surface area (Å²) >= 11 is 0. The van der Waals surface area contributed by atoms with Crippen LogP contribution in [0.3, 0.4) is 0 Å². The number of ether oxygens (including phenoxy) is 1. The highest BCUT2D eigenvalue weighted by molar-refractivity contribution is 4.91. The van der Waals surface area contributed by atoms with Crippen LogP contribution in [0.2, 0.25) is 0 Å². The van der Waals surface area contributed by atoms with Gasteiger partial charge in [-0.3, -0.25) is 4.98 Å². The maximum Gasteiger partial charge on any atom is 0.356 e. The lowest BCUT2D eigenvalue weighted by Crippen LogP contribution is -2.40. The molecule has 1 aliphatic carbocycles. The number of hydrogen-bond donors (Lipinski definition) is 1. The predicted octanol–water partition coefficient (Wildman–Crippen LogP) is 0.445. The Morgan fingerprint density at radius 3 is 2.56 bits per heavy atom. The Labute approximate surface area is 92.3 Å². The van der Waals surface area contributed by atoms with Crippen molar-refractivity contribution in [1.29, 1.82) is 0 Å². The van der Waals surface area contributed by atoms with E-state index in [-0.39, 0.29) is 12.1 Å². The summed E-state index contributed by atoms with van der Waals surface area (Å²) in [6.07, 6.45) is 5.03. The summed E-state index contributed by atoms with van der Waals surface area (Å²) in [5, 5.41) is 0. The van der Waals surface area contributed by atoms with Gasteiger partial charge in [-0.15, -0.1) is 4.98 Å². The van der Waals surface area contributed by atoms with Crippen molar-refractivity contribution < 1.29 is 4.74 Å². The molecule has 0 aromatic carbocycles. The van der Waals surface area contributed by atoms with Gasteiger partial charge in [0.1, 0.15) is 0 Å². The second-order valence-corrected chi connectivity index (χ2v) is 4.00. The van der Waals surface area contributed by atoms with Gasteiger partial charge < -0.3 is 4.74 Å². The molecule has 0 spiro atoms. The molecule has 1 aliphatic rings. The maximum atomic E-state index is 11.7. The largest absolute Gasteiger partial charge is 0.468 e. The van der Waals surface area contributed by atoms with E-state index in [9.17, 15) is 9.59 Å². The van der Waals surface area contributed by atoms with Crippen LogP contribution in [0.25, 0.3) is 0 Å². The van der Waals surface area contributed by atoms with Gasteiger partial charge in [-0.2, -0.15) is 0 Å². The second kappa shape index (κ2) is 4.51. The van der Waals surface area contributed by atoms with Crippen molar-refractivity contribution in [2.45, 2.75) is 38.1 Å². The van der Waals surface area contributed by atoms with Crippen LogP contribution >= 0.6 is 0 Å². The monoisotopic (exact) mass is 225 g/mol. The van der Waals surface area contributed by atoms with Gasteiger partial charge in [0.25, 0.3) is 0 Å². The van der Waals surface area contributed by atoms with Gasteiger partial charge in [-0.1, -0.05) is 19.3 Å². The Kier molecular flexibility index (Phi) is 3.07. The summed E-state index contributed by atoms with van der Waals surface area (Å²) in [7, 11) is 1.36. The van der Waals surface area contributed by atoms with Gasteiger partial charge >= 0.3 is 17.4 Å². The number of nitrogens with one attached hydrogen (secondary N) is 1. The minimum atomic E-state index is -0.521. The average molecular weight is 225 g/mol. The van der Waals surface area contributed by atoms with E-state index in [4.69, 9.17) is 4.74 Å². The zero-order valence-corrected chi connectivity index (χ0v) is 9.23. The van der Waals surface area contributed by atoms with Crippen LogP contribution in [0.1, 0.15) is 38.1 Å². The highest BCUT2D eigenvalue weighted by Crippen LogP contribution is 2.25. The zero-order chi connectivity index (χ0) is 11.5. The maximum absolute atomic E-state index is 11.7. The highest BCUT2D eigenvalue weighted by atomic mass is 16.5. The summed E-state index contributed by atoms with van der Waals surface area (Å²) in [4.78, 5) is 29.5. The molecular formula is C10H15N3O3. The molecule has 0 unspecified atom stereocenters. The number of aromatic amines is 1. The summed E-state index contributed by atoms with van der Waals surface area (Å²) in [6, 6.07) is -0.0366. The Hall–Kier alpha value is -1.59. The molecule has 0 amide bonds. The second-order valence-electron chi connectivity index (χ2n) is 4.00. The molecule has 1 saturated carbocycles. The number of aromatic nitrogens is 3. The van der Waals surface area contributed by atoms with Crippen LogP contribution in [-0.4, -0.2) is 21.6 Å². The number of rotatable bonds is 2. The molecule has 1 N–H and O–H groups in total. The third-order valence-corrected chi connectivity index (χ3v) is 2.97. The lowest BCUT2D eigenvalue weighted by molar-refractivity contribution is 0.316. The first-order valence-corrected chi connectivity index (χ1v) is 5.49.